The number of fused-ring (bicyclic) bond motifs is 7. The van der Waals surface area contributed by atoms with Gasteiger partial charge < -0.3 is 120 Å². The molecule has 4 fully saturated rings. The number of benzene rings is 1. The summed E-state index contributed by atoms with van der Waals surface area (Å²) in [5.74, 6) is -7.54. The second-order valence-electron chi connectivity index (χ2n) is 41.0. The third-order valence-corrected chi connectivity index (χ3v) is 31.7. The monoisotopic (exact) mass is 1980 g/mol. The number of hydrogen-bond donors (Lipinski definition) is 12. The molecule has 2 aromatic rings. The number of esters is 1. The molecule has 1 unspecified atom stereocenters. The number of aliphatic hydroxyl groups is 5. The first-order chi connectivity index (χ1) is 64.2. The van der Waals surface area contributed by atoms with Gasteiger partial charge in [-0.25, -0.2) is 9.78 Å². The minimum Gasteiger partial charge on any atom is -0.756 e. The molecule has 37 heteroatoms. The van der Waals surface area contributed by atoms with E-state index in [0.717, 1.165) is 87.3 Å². The SMILES string of the molecule is C/C1=C2/[N-][C@H]([C@H](CC(N)=O)[C@@]2(C)CCC(=O)NC[C@H](C)OP(=O)([O-])O[C@H]2[C@@H](O)[C@@H](n3cnc4cc(C)c(C)cc43)O[C@@H]2CO)[C@]2(C)N=C(/C(C)=C3N=C(/C=C4N=C1[C@@H](CCC(N)=O)C\4(C)C)[C@@H](CCC(N)=O)[C@]\3(C)CC(N)=O)[C@@H](CCC(N)=O)[C@]2(C)CC(N)=O.CCCCCCCCCC[C@H](O)[C@H]1CC[C@H]([C@H](O)CC[C@H](O)[C@@H]2CC[C@@H](CCCCCCCCCC3=C[C@H](C)OC3=O)O2)O1.[C-]#N.[Co+3]. The van der Waals surface area contributed by atoms with Crippen molar-refractivity contribution in [3.05, 3.63) is 87.4 Å². The molecule has 9 aliphatic rings. The Morgan fingerprint density at radius 3 is 1.81 bits per heavy atom. The molecule has 0 spiro atoms. The van der Waals surface area contributed by atoms with Crippen molar-refractivity contribution in [2.45, 2.75) is 406 Å². The van der Waals surface area contributed by atoms with Crippen molar-refractivity contribution in [3.8, 4) is 0 Å². The van der Waals surface area contributed by atoms with Gasteiger partial charge in [0, 0.05) is 114 Å². The summed E-state index contributed by atoms with van der Waals surface area (Å²) in [5.41, 5.74) is 37.5. The number of unbranched alkanes of at least 4 members (excludes halogenated alkanes) is 13. The van der Waals surface area contributed by atoms with Crippen LogP contribution in [0.2, 0.25) is 0 Å². The zero-order chi connectivity index (χ0) is 100. The third kappa shape index (κ3) is 28.3. The van der Waals surface area contributed by atoms with Gasteiger partial charge in [0.25, 0.3) is 7.82 Å². The van der Waals surface area contributed by atoms with Crippen LogP contribution in [0.5, 0.6) is 0 Å². The molecule has 137 heavy (non-hydrogen) atoms. The standard InChI is InChI=1S/C62H90N13O14P.C37H66O7.CN.Co/c1-29-20-39-40(21-30(29)2)75(28-70-39)57-52(84)53(41(27-76)87-57)89-90(85,86)88-31(3)26-69-49(83)18-19-59(8)37(22-46(66)80)56-62(11)61(10,25-48(68)82)36(14-17-45(65)79)51(74-62)33(5)55-60(9,24-47(67)81)34(12-15-43(63)77)38(71-55)23-42-58(6,7)35(13-16-44(64)78)50(72-42)32(4)54(59)73-56;1-3-4-5-6-7-11-14-17-20-31(38)35-25-26-36(44-35)33(40)23-22-32(39)34-24-21-30(43-34)19-16-13-10-8-9-12-15-18-29-27-28(2)42-37(29)41;1-2;/h20-21,23,28,31,34-37,41,52-53,56-57,76,84H,12-19,22,24-27H2,1-11H3,(H15,63,64,65,66,67,68,69,71,72,73,74,77,78,79,80,81,82,83,85,86);27-28,30-36,38-40H,3-26H2,1-2H3;;/q;;-1;+3/p-2/t31-,34+,35+,36+,37-,41+,52+,53+,56+,57-,59+,60-,61-,62-;28-,30+,31-,32-,33+,34-,35+,36+;;/m00../s1. The van der Waals surface area contributed by atoms with Gasteiger partial charge in [0.15, 0.2) is 6.23 Å². The van der Waals surface area contributed by atoms with Crippen LogP contribution in [-0.4, -0.2) is 198 Å². The molecule has 9 aliphatic heterocycles. The molecule has 0 radical (unpaired) electrons. The number of nitrogens with one attached hydrogen (secondary N) is 1. The molecule has 4 saturated heterocycles. The Morgan fingerprint density at radius 2 is 1.23 bits per heavy atom. The number of carbonyl (C=O) groups excluding carboxylic acids is 8. The van der Waals surface area contributed by atoms with Crippen molar-refractivity contribution < 1.29 is 118 Å². The summed E-state index contributed by atoms with van der Waals surface area (Å²) in [6.07, 6.45) is 20.6. The van der Waals surface area contributed by atoms with Crippen LogP contribution in [0, 0.1) is 71.0 Å². The van der Waals surface area contributed by atoms with Crippen molar-refractivity contribution in [2.75, 3.05) is 13.2 Å². The van der Waals surface area contributed by atoms with E-state index in [9.17, 15) is 73.3 Å². The molecular formula is C100H154CoN14O21P. The van der Waals surface area contributed by atoms with Gasteiger partial charge in [-0.1, -0.05) is 137 Å². The van der Waals surface area contributed by atoms with Gasteiger partial charge in [-0.2, -0.15) is 5.70 Å². The van der Waals surface area contributed by atoms with Crippen LogP contribution >= 0.6 is 7.82 Å². The summed E-state index contributed by atoms with van der Waals surface area (Å²) >= 11 is 0. The average molecular weight is 1980 g/mol. The Morgan fingerprint density at radius 1 is 0.679 bits per heavy atom. The number of nitrogens with two attached hydrogens (primary N) is 6. The topological polar surface area (TPSA) is 594 Å². The first-order valence-corrected chi connectivity index (χ1v) is 50.8. The second-order valence-corrected chi connectivity index (χ2v) is 42.3. The van der Waals surface area contributed by atoms with E-state index in [1.54, 1.807) is 6.92 Å². The minimum atomic E-state index is -5.32. The van der Waals surface area contributed by atoms with E-state index in [1.165, 1.54) is 88.4 Å². The zero-order valence-corrected chi connectivity index (χ0v) is 84.5. The smallest absolute Gasteiger partial charge is 0.756 e. The van der Waals surface area contributed by atoms with Crippen molar-refractivity contribution in [2.24, 2.45) is 94.7 Å². The molecule has 1 aromatic carbocycles. The fourth-order valence-corrected chi connectivity index (χ4v) is 23.7. The quantitative estimate of drug-likeness (QED) is 0.0127. The summed E-state index contributed by atoms with van der Waals surface area (Å²) < 4.78 is 49.3. The Kier molecular flexibility index (Phi) is 42.2. The molecule has 11 rings (SSSR count). The summed E-state index contributed by atoms with van der Waals surface area (Å²) in [4.78, 5) is 139. The predicted octanol–water partition coefficient (Wildman–Crippen LogP) is 11.3. The van der Waals surface area contributed by atoms with E-state index in [2.05, 4.69) is 17.2 Å². The number of allylic oxidation sites excluding steroid dienone is 6. The summed E-state index contributed by atoms with van der Waals surface area (Å²) in [6.45, 7) is 27.9. The van der Waals surface area contributed by atoms with Crippen LogP contribution in [0.3, 0.4) is 0 Å². The van der Waals surface area contributed by atoms with E-state index in [1.807, 2.05) is 93.5 Å². The fourth-order valence-electron chi connectivity index (χ4n) is 22.6. The van der Waals surface area contributed by atoms with E-state index in [4.69, 9.17) is 94.5 Å². The number of cyclic esters (lactones) is 1. The molecule has 35 nitrogen and oxygen atoms in total. The van der Waals surface area contributed by atoms with Crippen molar-refractivity contribution in [1.82, 2.24) is 14.9 Å². The normalized spacial score (nSPS) is 31.3. The molecule has 0 aliphatic carbocycles. The van der Waals surface area contributed by atoms with Gasteiger partial charge in [-0.15, -0.1) is 0 Å². The second kappa shape index (κ2) is 50.6. The van der Waals surface area contributed by atoms with Gasteiger partial charge in [0.1, 0.15) is 24.4 Å². The number of amides is 7. The number of nitrogens with zero attached hydrogens (tertiary/aromatic N) is 7. The molecule has 1 aromatic heterocycles. The number of primary amides is 6. The summed E-state index contributed by atoms with van der Waals surface area (Å²) in [5, 5.41) is 68.5. The Balaban J connectivity index is 0.000000411. The average Bonchev–Trinajstić information content (AvgIpc) is 1.52. The first-order valence-electron chi connectivity index (χ1n) is 49.4. The molecule has 23 atom stereocenters. The molecule has 8 bridgehead atoms. The zero-order valence-electron chi connectivity index (χ0n) is 82.6. The number of hydrogen-bond acceptors (Lipinski definition) is 26. The van der Waals surface area contributed by atoms with Crippen LogP contribution in [-0.2, 0) is 87.7 Å². The number of aliphatic hydroxyl groups excluding tert-OH is 5. The Hall–Kier alpha value is -7.99. The maximum atomic E-state index is 14.4. The third-order valence-electron chi connectivity index (χ3n) is 30.6. The van der Waals surface area contributed by atoms with Crippen LogP contribution in [0.1, 0.15) is 318 Å². The van der Waals surface area contributed by atoms with Crippen LogP contribution in [0.15, 0.2) is 79.4 Å². The van der Waals surface area contributed by atoms with E-state index >= 15 is 0 Å². The Labute approximate surface area is 818 Å². The minimum absolute atomic E-state index is 0. The predicted molar refractivity (Wildman–Crippen MR) is 512 cm³/mol. The maximum Gasteiger partial charge on any atom is 3.00 e. The molecule has 10 heterocycles. The van der Waals surface area contributed by atoms with E-state index < -0.39 is 162 Å². The van der Waals surface area contributed by atoms with Crippen LogP contribution in [0.4, 0.5) is 0 Å². The number of aromatic nitrogens is 2. The number of phosphoric ester groups is 1. The first kappa shape index (κ1) is 114. The van der Waals surface area contributed by atoms with Crippen LogP contribution < -0.4 is 44.6 Å². The number of carbonyl (C=O) groups is 8. The number of rotatable bonds is 51. The van der Waals surface area contributed by atoms with Gasteiger partial charge in [-0.05, 0) is 196 Å². The van der Waals surface area contributed by atoms with Crippen molar-refractivity contribution in [3.63, 3.8) is 0 Å². The number of ether oxygens (including phenoxy) is 4. The molecule has 0 saturated carbocycles. The maximum absolute atomic E-state index is 14.4. The van der Waals surface area contributed by atoms with Crippen LogP contribution in [0.25, 0.3) is 16.4 Å². The van der Waals surface area contributed by atoms with Crippen molar-refractivity contribution in [1.29, 1.82) is 5.26 Å². The van der Waals surface area contributed by atoms with E-state index in [0.29, 0.717) is 69.2 Å². The summed E-state index contributed by atoms with van der Waals surface area (Å²) in [6, 6.07) is 2.65. The number of aliphatic imine (C=N–C) groups is 3. The fraction of sp³-hybridized carbons (Fsp3) is 0.730. The Bertz CT molecular complexity index is 4860. The number of aryl methyl sites for hydroxylation is 2. The van der Waals surface area contributed by atoms with Gasteiger partial charge in [0.2, 0.25) is 41.4 Å². The van der Waals surface area contributed by atoms with Gasteiger partial charge >= 0.3 is 22.7 Å². The van der Waals surface area contributed by atoms with E-state index in [-0.39, 0.29) is 130 Å². The number of phosphoric acid groups is 1. The number of imidazole rings is 1. The molecule has 7 amide bonds. The largest absolute Gasteiger partial charge is 3.00 e. The van der Waals surface area contributed by atoms with Gasteiger partial charge in [-0.3, -0.25) is 53.1 Å². The van der Waals surface area contributed by atoms with Gasteiger partial charge in [0.05, 0.1) is 84.0 Å². The summed E-state index contributed by atoms with van der Waals surface area (Å²) in [7, 11) is -5.32. The molecule has 18 N–H and O–H groups in total. The molecular weight excluding hydrogens is 1820 g/mol. The molecule has 764 valence electrons. The van der Waals surface area contributed by atoms with Crippen molar-refractivity contribution >= 4 is 83.3 Å².